The molecule has 1 aromatic rings. The molecule has 2 heteroatoms. The SMILES string of the molecule is CC[C@@H]1Cc2cc(OC)ccc2[C@H]2CC[C@]3(C)[C@H](CO)C[C@@H]4C[C@]43[C@H]12. The number of aliphatic hydroxyl groups excluding tert-OH is 1. The molecule has 0 amide bonds. The number of benzene rings is 1. The lowest BCUT2D eigenvalue weighted by Crippen LogP contribution is -2.49. The van der Waals surface area contributed by atoms with Gasteiger partial charge in [0.2, 0.25) is 0 Å². The van der Waals surface area contributed by atoms with Crippen LogP contribution in [0, 0.1) is 34.5 Å². The van der Waals surface area contributed by atoms with Gasteiger partial charge in [-0.05, 0) is 95.8 Å². The highest BCUT2D eigenvalue weighted by Gasteiger charge is 2.77. The summed E-state index contributed by atoms with van der Waals surface area (Å²) < 4.78 is 5.50. The molecule has 3 fully saturated rings. The maximum absolute atomic E-state index is 10.0. The Bertz CT molecular complexity index is 697. The molecule has 7 atom stereocenters. The van der Waals surface area contributed by atoms with Gasteiger partial charge in [-0.15, -0.1) is 0 Å². The molecule has 0 saturated heterocycles. The normalized spacial score (nSPS) is 46.6. The minimum Gasteiger partial charge on any atom is -0.497 e. The minimum absolute atomic E-state index is 0.380. The van der Waals surface area contributed by atoms with Crippen molar-refractivity contribution in [3.05, 3.63) is 29.3 Å². The second kappa shape index (κ2) is 5.25. The van der Waals surface area contributed by atoms with Crippen molar-refractivity contribution in [2.75, 3.05) is 13.7 Å². The van der Waals surface area contributed by atoms with E-state index in [1.54, 1.807) is 18.2 Å². The summed E-state index contributed by atoms with van der Waals surface area (Å²) in [7, 11) is 1.78. The molecule has 4 aliphatic rings. The number of hydrogen-bond acceptors (Lipinski definition) is 2. The Labute approximate surface area is 152 Å². The van der Waals surface area contributed by atoms with Crippen molar-refractivity contribution in [2.45, 2.75) is 58.3 Å². The molecule has 1 N–H and O–H groups in total. The summed E-state index contributed by atoms with van der Waals surface area (Å²) in [5.74, 6) is 4.80. The Hall–Kier alpha value is -1.02. The summed E-state index contributed by atoms with van der Waals surface area (Å²) in [5, 5.41) is 10.0. The van der Waals surface area contributed by atoms with E-state index in [9.17, 15) is 5.11 Å². The van der Waals surface area contributed by atoms with E-state index in [-0.39, 0.29) is 0 Å². The fraction of sp³-hybridized carbons (Fsp3) is 0.739. The molecule has 136 valence electrons. The lowest BCUT2D eigenvalue weighted by Gasteiger charge is -2.56. The van der Waals surface area contributed by atoms with Gasteiger partial charge in [0.05, 0.1) is 7.11 Å². The quantitative estimate of drug-likeness (QED) is 0.857. The molecule has 2 nitrogen and oxygen atoms in total. The molecule has 25 heavy (non-hydrogen) atoms. The van der Waals surface area contributed by atoms with E-state index in [4.69, 9.17) is 4.74 Å². The van der Waals surface area contributed by atoms with Gasteiger partial charge in [-0.1, -0.05) is 26.3 Å². The summed E-state index contributed by atoms with van der Waals surface area (Å²) in [6, 6.07) is 6.84. The zero-order valence-electron chi connectivity index (χ0n) is 15.9. The van der Waals surface area contributed by atoms with Gasteiger partial charge in [0, 0.05) is 6.61 Å². The van der Waals surface area contributed by atoms with E-state index < -0.39 is 0 Å². The van der Waals surface area contributed by atoms with Gasteiger partial charge < -0.3 is 9.84 Å². The molecule has 0 unspecified atom stereocenters. The topological polar surface area (TPSA) is 29.5 Å². The van der Waals surface area contributed by atoms with E-state index in [2.05, 4.69) is 32.0 Å². The van der Waals surface area contributed by atoms with Crippen LogP contribution < -0.4 is 4.74 Å². The van der Waals surface area contributed by atoms with Crippen molar-refractivity contribution in [3.8, 4) is 5.75 Å². The van der Waals surface area contributed by atoms with Crippen molar-refractivity contribution in [1.82, 2.24) is 0 Å². The molecule has 0 aliphatic heterocycles. The number of rotatable bonds is 3. The smallest absolute Gasteiger partial charge is 0.119 e. The zero-order chi connectivity index (χ0) is 17.4. The molecule has 5 rings (SSSR count). The third kappa shape index (κ3) is 1.85. The highest BCUT2D eigenvalue weighted by molar-refractivity contribution is 5.43. The molecule has 0 radical (unpaired) electrons. The third-order valence-electron chi connectivity index (χ3n) is 9.17. The highest BCUT2D eigenvalue weighted by atomic mass is 16.5. The van der Waals surface area contributed by atoms with Crippen LogP contribution in [0.25, 0.3) is 0 Å². The minimum atomic E-state index is 0.380. The van der Waals surface area contributed by atoms with Crippen LogP contribution in [-0.2, 0) is 6.42 Å². The van der Waals surface area contributed by atoms with E-state index >= 15 is 0 Å². The molecule has 1 aromatic carbocycles. The average molecular weight is 341 g/mol. The Morgan fingerprint density at radius 2 is 2.16 bits per heavy atom. The van der Waals surface area contributed by atoms with Crippen molar-refractivity contribution < 1.29 is 9.84 Å². The summed E-state index contributed by atoms with van der Waals surface area (Å²) in [6.07, 6.45) is 7.83. The van der Waals surface area contributed by atoms with Crippen LogP contribution >= 0.6 is 0 Å². The van der Waals surface area contributed by atoms with Gasteiger partial charge >= 0.3 is 0 Å². The lowest BCUT2D eigenvalue weighted by molar-refractivity contribution is -0.0483. The number of aliphatic hydroxyl groups is 1. The average Bonchev–Trinajstić information content (AvgIpc) is 3.30. The van der Waals surface area contributed by atoms with Crippen LogP contribution in [0.15, 0.2) is 18.2 Å². The van der Waals surface area contributed by atoms with Crippen LogP contribution in [0.4, 0.5) is 0 Å². The first-order chi connectivity index (χ1) is 12.1. The van der Waals surface area contributed by atoms with Gasteiger partial charge in [0.15, 0.2) is 0 Å². The first-order valence-electron chi connectivity index (χ1n) is 10.4. The van der Waals surface area contributed by atoms with Crippen molar-refractivity contribution in [2.24, 2.45) is 34.5 Å². The van der Waals surface area contributed by atoms with Crippen molar-refractivity contribution in [1.29, 1.82) is 0 Å². The van der Waals surface area contributed by atoms with Crippen LogP contribution in [0.1, 0.15) is 63.0 Å². The maximum atomic E-state index is 10.0. The molecular weight excluding hydrogens is 308 g/mol. The van der Waals surface area contributed by atoms with Crippen LogP contribution in [0.5, 0.6) is 5.75 Å². The molecule has 3 saturated carbocycles. The first kappa shape index (κ1) is 16.2. The predicted octanol–water partition coefficient (Wildman–Crippen LogP) is 4.80. The second-order valence-electron chi connectivity index (χ2n) is 9.58. The number of ether oxygens (including phenoxy) is 1. The van der Waals surface area contributed by atoms with Gasteiger partial charge in [-0.3, -0.25) is 0 Å². The Morgan fingerprint density at radius 1 is 1.32 bits per heavy atom. The molecule has 0 bridgehead atoms. The van der Waals surface area contributed by atoms with Gasteiger partial charge in [0.1, 0.15) is 5.75 Å². The van der Waals surface area contributed by atoms with Crippen LogP contribution in [-0.4, -0.2) is 18.8 Å². The van der Waals surface area contributed by atoms with Crippen molar-refractivity contribution >= 4 is 0 Å². The molecule has 1 spiro atoms. The highest BCUT2D eigenvalue weighted by Crippen LogP contribution is 2.83. The maximum Gasteiger partial charge on any atom is 0.119 e. The van der Waals surface area contributed by atoms with Gasteiger partial charge in [-0.2, -0.15) is 0 Å². The molecule has 0 aromatic heterocycles. The number of fused-ring (bicyclic) bond motifs is 3. The second-order valence-corrected chi connectivity index (χ2v) is 9.58. The predicted molar refractivity (Wildman–Crippen MR) is 99.8 cm³/mol. The zero-order valence-corrected chi connectivity index (χ0v) is 15.9. The van der Waals surface area contributed by atoms with Gasteiger partial charge in [-0.25, -0.2) is 0 Å². The Kier molecular flexibility index (Phi) is 3.40. The molecule has 4 aliphatic carbocycles. The fourth-order valence-corrected chi connectivity index (χ4v) is 7.97. The van der Waals surface area contributed by atoms with Crippen molar-refractivity contribution in [3.63, 3.8) is 0 Å². The van der Waals surface area contributed by atoms with Crippen LogP contribution in [0.3, 0.4) is 0 Å². The van der Waals surface area contributed by atoms with Gasteiger partial charge in [0.25, 0.3) is 0 Å². The third-order valence-corrected chi connectivity index (χ3v) is 9.17. The first-order valence-corrected chi connectivity index (χ1v) is 10.4. The standard InChI is InChI=1S/C23H32O2/c1-4-14-9-15-10-18(25-3)5-6-19(15)20-7-8-22(2)17(13-24)11-16-12-23(16,22)21(14)20/h5-6,10,14,16-17,20-21,24H,4,7-9,11-13H2,1-3H3/t14-,16-,17+,20-,21-,22-,23-/m1/s1. The number of methoxy groups -OCH3 is 1. The Balaban J connectivity index is 1.60. The summed E-state index contributed by atoms with van der Waals surface area (Å²) >= 11 is 0. The lowest BCUT2D eigenvalue weighted by atomic mass is 9.48. The summed E-state index contributed by atoms with van der Waals surface area (Å²) in [5.41, 5.74) is 4.07. The monoisotopic (exact) mass is 340 g/mol. The van der Waals surface area contributed by atoms with E-state index in [1.807, 2.05) is 0 Å². The summed E-state index contributed by atoms with van der Waals surface area (Å²) in [6.45, 7) is 5.33. The van der Waals surface area contributed by atoms with E-state index in [1.165, 1.54) is 38.5 Å². The van der Waals surface area contributed by atoms with Crippen LogP contribution in [0.2, 0.25) is 0 Å². The summed E-state index contributed by atoms with van der Waals surface area (Å²) in [4.78, 5) is 0. The largest absolute Gasteiger partial charge is 0.497 e. The fourth-order valence-electron chi connectivity index (χ4n) is 7.97. The molecular formula is C23H32O2. The van der Waals surface area contributed by atoms with E-state index in [0.29, 0.717) is 23.4 Å². The Morgan fingerprint density at radius 3 is 2.88 bits per heavy atom. The number of hydrogen-bond donors (Lipinski definition) is 1. The molecule has 0 heterocycles. The van der Waals surface area contributed by atoms with E-state index in [0.717, 1.165) is 29.4 Å².